The lowest BCUT2D eigenvalue weighted by Crippen LogP contribution is -2.74. The van der Waals surface area contributed by atoms with Crippen LogP contribution in [0, 0.1) is 0 Å². The van der Waals surface area contributed by atoms with E-state index < -0.39 is 8.07 Å². The predicted octanol–water partition coefficient (Wildman–Crippen LogP) is 11.5. The number of pyridine rings is 1. The molecule has 9 aromatic carbocycles. The Balaban J connectivity index is 1.05. The van der Waals surface area contributed by atoms with Crippen molar-refractivity contribution in [3.8, 4) is 22.8 Å². The first kappa shape index (κ1) is 38.8. The minimum Gasteiger partial charge on any atom is -0.456 e. The molecule has 15 rings (SSSR count). The van der Waals surface area contributed by atoms with Gasteiger partial charge in [0.05, 0.1) is 44.1 Å². The maximum Gasteiger partial charge on any atom is 0.221 e. The molecule has 6 aromatic heterocycles. The molecule has 0 saturated heterocycles. The molecule has 8 nitrogen and oxygen atoms in total. The number of fused-ring (bicyclic) bond motifs is 13. The highest BCUT2D eigenvalue weighted by molar-refractivity contribution is 7.20. The smallest absolute Gasteiger partial charge is 0.221 e. The third-order valence-corrected chi connectivity index (χ3v) is 19.1. The summed E-state index contributed by atoms with van der Waals surface area (Å²) < 4.78 is 15.9. The van der Waals surface area contributed by atoms with Crippen molar-refractivity contribution in [2.24, 2.45) is 0 Å². The zero-order chi connectivity index (χ0) is 45.9. The number of rotatable bonds is 7. The van der Waals surface area contributed by atoms with E-state index in [4.69, 9.17) is 19.4 Å². The summed E-state index contributed by atoms with van der Waals surface area (Å²) in [5.41, 5.74) is 11.9. The molecule has 0 aliphatic heterocycles. The van der Waals surface area contributed by atoms with Crippen molar-refractivity contribution in [2.45, 2.75) is 0 Å². The van der Waals surface area contributed by atoms with Crippen LogP contribution in [0.5, 0.6) is 0 Å². The van der Waals surface area contributed by atoms with Gasteiger partial charge in [0, 0.05) is 10.8 Å². The monoisotopic (exact) mass is 913 g/mol. The maximum absolute atomic E-state index is 6.97. The van der Waals surface area contributed by atoms with E-state index in [2.05, 4.69) is 242 Å². The second-order valence-electron chi connectivity index (χ2n) is 18.0. The third-order valence-electron chi connectivity index (χ3n) is 14.3. The molecular weight excluding hydrogens is 875 g/mol. The summed E-state index contributed by atoms with van der Waals surface area (Å²) in [5.74, 6) is 3.07. The molecule has 328 valence electrons. The van der Waals surface area contributed by atoms with E-state index in [9.17, 15) is 0 Å². The molecular formula is C61H39N7OSi. The lowest BCUT2D eigenvalue weighted by atomic mass is 10.1. The average molecular weight is 914 g/mol. The first-order valence-corrected chi connectivity index (χ1v) is 25.6. The quantitative estimate of drug-likeness (QED) is 0.118. The average Bonchev–Trinajstić information content (AvgIpc) is 4.24. The Morgan fingerprint density at radius 2 is 0.814 bits per heavy atom. The van der Waals surface area contributed by atoms with E-state index in [1.807, 2.05) is 12.1 Å². The lowest BCUT2D eigenvalue weighted by Gasteiger charge is -2.34. The molecule has 0 spiro atoms. The van der Waals surface area contributed by atoms with E-state index in [1.165, 1.54) is 20.7 Å². The van der Waals surface area contributed by atoms with Crippen molar-refractivity contribution in [2.75, 3.05) is 0 Å². The normalized spacial score (nSPS) is 12.3. The molecule has 0 amide bonds. The van der Waals surface area contributed by atoms with E-state index in [-0.39, 0.29) is 0 Å². The largest absolute Gasteiger partial charge is 0.456 e. The van der Waals surface area contributed by atoms with Crippen LogP contribution < -0.4 is 20.7 Å². The molecule has 0 atom stereocenters. The first-order valence-electron chi connectivity index (χ1n) is 23.6. The maximum atomic E-state index is 6.97. The Bertz CT molecular complexity index is 4350. The van der Waals surface area contributed by atoms with Crippen LogP contribution in [-0.2, 0) is 0 Å². The van der Waals surface area contributed by atoms with Crippen LogP contribution in [0.2, 0.25) is 0 Å². The standard InChI is InChI=1S/C61H39N7OSi/c1-3-20-42(21-4-1)70(43-22-5-2-6-23-43,56-36-18-26-46-45-25-7-16-35-55(45)69-59(46)56)44-24-17-19-40(37-44)41-38-57(67-53-33-14-12-31-51(53)65-49-29-10-8-27-47(49)62-60(65)67)64-58(39-41)68-54-34-15-13-32-52(54)66-50-30-11-9-28-48(50)63-61(66)68/h1-39H. The SMILES string of the molecule is c1ccc([Si](c2ccccc2)(c2cccc(-c3cc(-n4c5ccccc5n5c6ccccc6nc45)nc(-n4c5ccccc5n5c6ccccc6nc45)c3)c2)c2cccc3c2oc2ccccc23)cc1. The molecule has 6 heterocycles. The zero-order valence-electron chi connectivity index (χ0n) is 37.6. The van der Waals surface area contributed by atoms with Gasteiger partial charge < -0.3 is 4.42 Å². The van der Waals surface area contributed by atoms with Gasteiger partial charge in [0.1, 0.15) is 22.8 Å². The minimum atomic E-state index is -3.15. The molecule has 0 N–H and O–H groups in total. The molecule has 9 heteroatoms. The van der Waals surface area contributed by atoms with Gasteiger partial charge in [0.2, 0.25) is 11.6 Å². The van der Waals surface area contributed by atoms with Crippen LogP contribution in [0.25, 0.3) is 100 Å². The molecule has 0 saturated carbocycles. The summed E-state index contributed by atoms with van der Waals surface area (Å²) in [6, 6.07) is 84.7. The fourth-order valence-corrected chi connectivity index (χ4v) is 16.3. The summed E-state index contributed by atoms with van der Waals surface area (Å²) in [6.45, 7) is 0. The Kier molecular flexibility index (Phi) is 8.22. The molecule has 0 radical (unpaired) electrons. The number of aromatic nitrogens is 7. The van der Waals surface area contributed by atoms with E-state index in [0.29, 0.717) is 0 Å². The number of imidazole rings is 4. The van der Waals surface area contributed by atoms with Crippen LogP contribution in [0.3, 0.4) is 0 Å². The van der Waals surface area contributed by atoms with E-state index in [0.717, 1.165) is 100 Å². The Morgan fingerprint density at radius 1 is 0.343 bits per heavy atom. The Morgan fingerprint density at radius 3 is 1.41 bits per heavy atom. The molecule has 0 bridgehead atoms. The van der Waals surface area contributed by atoms with Crippen LogP contribution in [0.4, 0.5) is 0 Å². The van der Waals surface area contributed by atoms with Crippen molar-refractivity contribution in [3.63, 3.8) is 0 Å². The fourth-order valence-electron chi connectivity index (χ4n) is 11.4. The van der Waals surface area contributed by atoms with Gasteiger partial charge in [-0.2, -0.15) is 0 Å². The summed E-state index contributed by atoms with van der Waals surface area (Å²) in [6.07, 6.45) is 0. The van der Waals surface area contributed by atoms with Crippen LogP contribution in [-0.4, -0.2) is 41.0 Å². The number of para-hydroxylation sites is 10. The molecule has 15 aromatic rings. The van der Waals surface area contributed by atoms with E-state index >= 15 is 0 Å². The number of hydrogen-bond donors (Lipinski definition) is 0. The molecule has 0 unspecified atom stereocenters. The zero-order valence-corrected chi connectivity index (χ0v) is 38.6. The van der Waals surface area contributed by atoms with Gasteiger partial charge in [-0.1, -0.05) is 170 Å². The van der Waals surface area contributed by atoms with Gasteiger partial charge >= 0.3 is 0 Å². The van der Waals surface area contributed by atoms with Crippen LogP contribution in [0.1, 0.15) is 0 Å². The summed E-state index contributed by atoms with van der Waals surface area (Å²) in [4.78, 5) is 16.3. The minimum absolute atomic E-state index is 0.744. The van der Waals surface area contributed by atoms with Crippen molar-refractivity contribution >= 4 is 106 Å². The number of nitrogens with zero attached hydrogens (tertiary/aromatic N) is 7. The van der Waals surface area contributed by atoms with Gasteiger partial charge in [-0.3, -0.25) is 17.9 Å². The highest BCUT2D eigenvalue weighted by Gasteiger charge is 2.44. The van der Waals surface area contributed by atoms with Gasteiger partial charge in [0.15, 0.2) is 8.07 Å². The highest BCUT2D eigenvalue weighted by atomic mass is 28.3. The summed E-state index contributed by atoms with van der Waals surface area (Å²) in [7, 11) is -3.15. The van der Waals surface area contributed by atoms with Gasteiger partial charge in [0.25, 0.3) is 0 Å². The Labute approximate surface area is 401 Å². The predicted molar refractivity (Wildman–Crippen MR) is 287 cm³/mol. The van der Waals surface area contributed by atoms with Crippen molar-refractivity contribution < 1.29 is 4.42 Å². The highest BCUT2D eigenvalue weighted by Crippen LogP contribution is 2.35. The molecule has 70 heavy (non-hydrogen) atoms. The summed E-state index contributed by atoms with van der Waals surface area (Å²) >= 11 is 0. The lowest BCUT2D eigenvalue weighted by molar-refractivity contribution is 0.671. The fraction of sp³-hybridized carbons (Fsp3) is 0. The van der Waals surface area contributed by atoms with Crippen LogP contribution >= 0.6 is 0 Å². The third kappa shape index (κ3) is 5.43. The number of benzene rings is 9. The molecule has 0 aliphatic carbocycles. The second-order valence-corrected chi connectivity index (χ2v) is 21.8. The van der Waals surface area contributed by atoms with E-state index in [1.54, 1.807) is 0 Å². The van der Waals surface area contributed by atoms with Crippen molar-refractivity contribution in [1.29, 1.82) is 0 Å². The number of furan rings is 1. The topological polar surface area (TPSA) is 70.5 Å². The van der Waals surface area contributed by atoms with Crippen LogP contribution in [0.15, 0.2) is 241 Å². The van der Waals surface area contributed by atoms with Gasteiger partial charge in [-0.15, -0.1) is 0 Å². The van der Waals surface area contributed by atoms with Crippen molar-refractivity contribution in [3.05, 3.63) is 237 Å². The second kappa shape index (κ2) is 14.8. The summed E-state index contributed by atoms with van der Waals surface area (Å²) in [5, 5.41) is 7.20. The Hall–Kier alpha value is -9.31. The first-order chi connectivity index (χ1) is 34.7. The van der Waals surface area contributed by atoms with Gasteiger partial charge in [-0.25, -0.2) is 15.0 Å². The molecule has 0 aliphatic rings. The molecule has 0 fully saturated rings. The van der Waals surface area contributed by atoms with Gasteiger partial charge in [-0.05, 0) is 98.6 Å². The number of hydrogen-bond acceptors (Lipinski definition) is 4. The van der Waals surface area contributed by atoms with Crippen molar-refractivity contribution in [1.82, 2.24) is 32.9 Å².